The van der Waals surface area contributed by atoms with Crippen molar-refractivity contribution < 1.29 is 8.42 Å². The van der Waals surface area contributed by atoms with Gasteiger partial charge in [0.15, 0.2) is 5.03 Å². The Morgan fingerprint density at radius 3 is 2.65 bits per heavy atom. The molecular weight excluding hydrogens is 285 g/mol. The van der Waals surface area contributed by atoms with E-state index in [0.717, 1.165) is 0 Å². The molecule has 0 aliphatic carbocycles. The van der Waals surface area contributed by atoms with Crippen LogP contribution in [-0.4, -0.2) is 18.6 Å². The molecule has 8 heteroatoms. The fraction of sp³-hybridized carbons (Fsp3) is 0. The van der Waals surface area contributed by atoms with E-state index in [2.05, 4.69) is 14.9 Å². The third kappa shape index (κ3) is 2.71. The van der Waals surface area contributed by atoms with E-state index in [4.69, 9.17) is 23.2 Å². The highest BCUT2D eigenvalue weighted by Gasteiger charge is 2.17. The Balaban J connectivity index is 2.36. The van der Waals surface area contributed by atoms with Crippen molar-refractivity contribution in [1.82, 2.24) is 10.2 Å². The summed E-state index contributed by atoms with van der Waals surface area (Å²) in [6.07, 6.45) is 1.34. The smallest absolute Gasteiger partial charge is 0.277 e. The van der Waals surface area contributed by atoms with Crippen molar-refractivity contribution in [3.63, 3.8) is 0 Å². The maximum Gasteiger partial charge on any atom is 0.278 e. The van der Waals surface area contributed by atoms with Gasteiger partial charge in [0.05, 0.1) is 16.9 Å². The first-order valence-corrected chi connectivity index (χ1v) is 6.70. The van der Waals surface area contributed by atoms with Gasteiger partial charge >= 0.3 is 0 Å². The first-order chi connectivity index (χ1) is 7.99. The van der Waals surface area contributed by atoms with Gasteiger partial charge in [-0.3, -0.25) is 9.82 Å². The number of aromatic nitrogens is 2. The lowest BCUT2D eigenvalue weighted by molar-refractivity contribution is 0.597. The summed E-state index contributed by atoms with van der Waals surface area (Å²) >= 11 is 11.6. The number of hydrogen-bond acceptors (Lipinski definition) is 3. The summed E-state index contributed by atoms with van der Waals surface area (Å²) in [6, 6.07) is 5.84. The molecule has 0 saturated heterocycles. The Hall–Kier alpha value is -1.24. The number of nitrogens with one attached hydrogen (secondary N) is 2. The summed E-state index contributed by atoms with van der Waals surface area (Å²) in [6.45, 7) is 0. The van der Waals surface area contributed by atoms with Crippen molar-refractivity contribution in [3.05, 3.63) is 40.5 Å². The lowest BCUT2D eigenvalue weighted by Gasteiger charge is -2.08. The van der Waals surface area contributed by atoms with Gasteiger partial charge in [-0.05, 0) is 24.3 Å². The van der Waals surface area contributed by atoms with Crippen molar-refractivity contribution >= 4 is 38.9 Å². The SMILES string of the molecule is O=S(=O)(Nc1cc(Cl)ccc1Cl)c1ccn[nH]1. The van der Waals surface area contributed by atoms with Crippen LogP contribution in [-0.2, 0) is 10.0 Å². The predicted molar refractivity (Wildman–Crippen MR) is 65.9 cm³/mol. The van der Waals surface area contributed by atoms with Crippen molar-refractivity contribution in [2.24, 2.45) is 0 Å². The van der Waals surface area contributed by atoms with Crippen molar-refractivity contribution in [3.8, 4) is 0 Å². The minimum absolute atomic E-state index is 0.0476. The van der Waals surface area contributed by atoms with E-state index < -0.39 is 10.0 Å². The standard InChI is InChI=1S/C9H7Cl2N3O2S/c10-6-1-2-7(11)8(5-6)14-17(15,16)9-3-4-12-13-9/h1-5,14H,(H,12,13). The number of anilines is 1. The molecule has 0 atom stereocenters. The van der Waals surface area contributed by atoms with E-state index in [1.165, 1.54) is 24.4 Å². The summed E-state index contributed by atoms with van der Waals surface area (Å²) < 4.78 is 26.0. The number of benzene rings is 1. The Bertz CT molecular complexity index is 626. The summed E-state index contributed by atoms with van der Waals surface area (Å²) in [5.41, 5.74) is 0.216. The summed E-state index contributed by atoms with van der Waals surface area (Å²) in [4.78, 5) is 0. The monoisotopic (exact) mass is 291 g/mol. The van der Waals surface area contributed by atoms with Crippen LogP contribution in [0.1, 0.15) is 0 Å². The second-order valence-electron chi connectivity index (χ2n) is 3.15. The molecule has 1 heterocycles. The molecule has 0 unspecified atom stereocenters. The molecule has 0 bridgehead atoms. The number of halogens is 2. The van der Waals surface area contributed by atoms with Gasteiger partial charge in [0.1, 0.15) is 0 Å². The van der Waals surface area contributed by atoms with Crippen LogP contribution in [0.5, 0.6) is 0 Å². The van der Waals surface area contributed by atoms with E-state index in [0.29, 0.717) is 5.02 Å². The molecule has 0 saturated carbocycles. The highest BCUT2D eigenvalue weighted by molar-refractivity contribution is 7.92. The average molecular weight is 292 g/mol. The van der Waals surface area contributed by atoms with Gasteiger partial charge in [-0.1, -0.05) is 23.2 Å². The lowest BCUT2D eigenvalue weighted by atomic mass is 10.3. The molecule has 17 heavy (non-hydrogen) atoms. The molecule has 0 radical (unpaired) electrons. The van der Waals surface area contributed by atoms with E-state index in [1.807, 2.05) is 0 Å². The molecule has 0 aliphatic heterocycles. The Morgan fingerprint density at radius 1 is 1.24 bits per heavy atom. The zero-order valence-corrected chi connectivity index (χ0v) is 10.6. The third-order valence-electron chi connectivity index (χ3n) is 1.94. The second kappa shape index (κ2) is 4.56. The molecule has 0 spiro atoms. The van der Waals surface area contributed by atoms with E-state index in [-0.39, 0.29) is 15.7 Å². The highest BCUT2D eigenvalue weighted by atomic mass is 35.5. The van der Waals surface area contributed by atoms with Gasteiger partial charge in [-0.2, -0.15) is 13.5 Å². The van der Waals surface area contributed by atoms with Crippen LogP contribution in [0.4, 0.5) is 5.69 Å². The first kappa shape index (κ1) is 12.2. The maximum absolute atomic E-state index is 11.8. The number of sulfonamides is 1. The van der Waals surface area contributed by atoms with Crippen molar-refractivity contribution in [2.75, 3.05) is 4.72 Å². The molecule has 0 amide bonds. The third-order valence-corrected chi connectivity index (χ3v) is 3.80. The van der Waals surface area contributed by atoms with Crippen LogP contribution in [0.15, 0.2) is 35.5 Å². The number of rotatable bonds is 3. The van der Waals surface area contributed by atoms with E-state index in [9.17, 15) is 8.42 Å². The molecule has 2 rings (SSSR count). The number of H-pyrrole nitrogens is 1. The van der Waals surface area contributed by atoms with Crippen LogP contribution in [0, 0.1) is 0 Å². The second-order valence-corrected chi connectivity index (χ2v) is 5.65. The predicted octanol–water partition coefficient (Wildman–Crippen LogP) is 2.52. The van der Waals surface area contributed by atoms with Gasteiger partial charge in [0.25, 0.3) is 10.0 Å². The van der Waals surface area contributed by atoms with Gasteiger partial charge in [-0.15, -0.1) is 0 Å². The molecule has 90 valence electrons. The molecule has 1 aromatic carbocycles. The number of nitrogens with zero attached hydrogens (tertiary/aromatic N) is 1. The average Bonchev–Trinajstić information content (AvgIpc) is 2.77. The topological polar surface area (TPSA) is 74.8 Å². The van der Waals surface area contributed by atoms with Crippen molar-refractivity contribution in [2.45, 2.75) is 5.03 Å². The fourth-order valence-electron chi connectivity index (χ4n) is 1.17. The zero-order chi connectivity index (χ0) is 12.5. The van der Waals surface area contributed by atoms with Gasteiger partial charge < -0.3 is 0 Å². The summed E-state index contributed by atoms with van der Waals surface area (Å²) in [7, 11) is -3.72. The molecule has 0 aliphatic rings. The molecule has 2 aromatic rings. The molecule has 1 aromatic heterocycles. The largest absolute Gasteiger partial charge is 0.278 e. The van der Waals surface area contributed by atoms with Crippen LogP contribution in [0.3, 0.4) is 0 Å². The first-order valence-electron chi connectivity index (χ1n) is 4.46. The van der Waals surface area contributed by atoms with Crippen LogP contribution >= 0.6 is 23.2 Å². The molecule has 0 fully saturated rings. The molecule has 5 nitrogen and oxygen atoms in total. The maximum atomic E-state index is 11.8. The van der Waals surface area contributed by atoms with E-state index >= 15 is 0 Å². The Labute approximate surface area is 108 Å². The van der Waals surface area contributed by atoms with Crippen LogP contribution in [0.2, 0.25) is 10.0 Å². The van der Waals surface area contributed by atoms with Gasteiger partial charge in [0.2, 0.25) is 0 Å². The number of hydrogen-bond donors (Lipinski definition) is 2. The zero-order valence-electron chi connectivity index (χ0n) is 8.31. The quantitative estimate of drug-likeness (QED) is 0.912. The van der Waals surface area contributed by atoms with Crippen LogP contribution in [0.25, 0.3) is 0 Å². The van der Waals surface area contributed by atoms with Crippen LogP contribution < -0.4 is 4.72 Å². The minimum Gasteiger partial charge on any atom is -0.277 e. The Kier molecular flexibility index (Phi) is 3.28. The number of aromatic amines is 1. The minimum atomic E-state index is -3.72. The molecular formula is C9H7Cl2N3O2S. The summed E-state index contributed by atoms with van der Waals surface area (Å²) in [5.74, 6) is 0. The van der Waals surface area contributed by atoms with Crippen molar-refractivity contribution in [1.29, 1.82) is 0 Å². The fourth-order valence-corrected chi connectivity index (χ4v) is 2.54. The molecule has 2 N–H and O–H groups in total. The van der Waals surface area contributed by atoms with Gasteiger partial charge in [-0.25, -0.2) is 0 Å². The lowest BCUT2D eigenvalue weighted by Crippen LogP contribution is -2.13. The highest BCUT2D eigenvalue weighted by Crippen LogP contribution is 2.27. The Morgan fingerprint density at radius 2 is 2.00 bits per heavy atom. The van der Waals surface area contributed by atoms with E-state index in [1.54, 1.807) is 6.07 Å². The summed E-state index contributed by atoms with van der Waals surface area (Å²) in [5, 5.41) is 6.52. The normalized spacial score (nSPS) is 11.4. The van der Waals surface area contributed by atoms with Gasteiger partial charge in [0, 0.05) is 5.02 Å².